The second-order valence-corrected chi connectivity index (χ2v) is 8.13. The molecule has 0 radical (unpaired) electrons. The molecule has 0 aromatic heterocycles. The van der Waals surface area contributed by atoms with E-state index >= 15 is 0 Å². The van der Waals surface area contributed by atoms with E-state index in [1.165, 1.54) is 11.1 Å². The van der Waals surface area contributed by atoms with Gasteiger partial charge in [0.05, 0.1) is 5.02 Å². The zero-order valence-corrected chi connectivity index (χ0v) is 18.4. The van der Waals surface area contributed by atoms with Gasteiger partial charge in [-0.1, -0.05) is 96.7 Å². The predicted molar refractivity (Wildman–Crippen MR) is 123 cm³/mol. The van der Waals surface area contributed by atoms with Crippen molar-refractivity contribution in [2.75, 3.05) is 0 Å². The number of aryl methyl sites for hydroxylation is 1. The fraction of sp³-hybridized carbons (Fsp3) is 0.280. The lowest BCUT2D eigenvalue weighted by atomic mass is 10.0. The van der Waals surface area contributed by atoms with Crippen LogP contribution < -0.4 is 10.1 Å². The largest absolute Gasteiger partial charge is 0.487 e. The third kappa shape index (κ3) is 6.24. The van der Waals surface area contributed by atoms with Gasteiger partial charge in [-0.25, -0.2) is 0 Å². The molecule has 3 aromatic carbocycles. The van der Waals surface area contributed by atoms with E-state index in [1.54, 1.807) is 6.07 Å². The topological polar surface area (TPSA) is 21.3 Å². The zero-order valence-electron chi connectivity index (χ0n) is 16.9. The summed E-state index contributed by atoms with van der Waals surface area (Å²) >= 11 is 12.8. The van der Waals surface area contributed by atoms with Crippen LogP contribution in [0.15, 0.2) is 66.7 Å². The Bertz CT molecular complexity index is 910. The molecule has 0 spiro atoms. The van der Waals surface area contributed by atoms with Gasteiger partial charge in [0.15, 0.2) is 0 Å². The van der Waals surface area contributed by atoms with Crippen molar-refractivity contribution in [3.63, 3.8) is 0 Å². The van der Waals surface area contributed by atoms with Gasteiger partial charge in [0.2, 0.25) is 0 Å². The van der Waals surface area contributed by atoms with Crippen molar-refractivity contribution in [3.8, 4) is 5.75 Å². The molecule has 1 atom stereocenters. The summed E-state index contributed by atoms with van der Waals surface area (Å²) in [5.41, 5.74) is 4.58. The van der Waals surface area contributed by atoms with Gasteiger partial charge >= 0.3 is 0 Å². The molecule has 0 saturated carbocycles. The second kappa shape index (κ2) is 10.7. The van der Waals surface area contributed by atoms with E-state index in [0.29, 0.717) is 28.9 Å². The number of halogens is 2. The molecule has 4 heteroatoms. The molecule has 2 nitrogen and oxygen atoms in total. The van der Waals surface area contributed by atoms with Crippen LogP contribution in [0.3, 0.4) is 0 Å². The van der Waals surface area contributed by atoms with Crippen molar-refractivity contribution >= 4 is 23.2 Å². The highest BCUT2D eigenvalue weighted by Crippen LogP contribution is 2.34. The average molecular weight is 428 g/mol. The highest BCUT2D eigenvalue weighted by atomic mass is 35.5. The lowest BCUT2D eigenvalue weighted by Crippen LogP contribution is -2.21. The maximum atomic E-state index is 6.48. The molecule has 0 unspecified atom stereocenters. The molecule has 0 heterocycles. The van der Waals surface area contributed by atoms with Crippen molar-refractivity contribution in [2.45, 2.75) is 45.9 Å². The first-order chi connectivity index (χ1) is 14.1. The molecular formula is C25H27Cl2NO. The zero-order chi connectivity index (χ0) is 20.6. The minimum absolute atomic E-state index is 0.268. The maximum Gasteiger partial charge on any atom is 0.142 e. The van der Waals surface area contributed by atoms with Gasteiger partial charge in [-0.15, -0.1) is 0 Å². The quantitative estimate of drug-likeness (QED) is 0.381. The SMILES string of the molecule is CCC[C@H](NCc1cc(Cl)cc(Cl)c1OCc1ccc(C)cc1)c1ccccc1. The minimum Gasteiger partial charge on any atom is -0.487 e. The first-order valence-electron chi connectivity index (χ1n) is 10.0. The van der Waals surface area contributed by atoms with E-state index in [0.717, 1.165) is 24.0 Å². The van der Waals surface area contributed by atoms with Gasteiger partial charge in [0.1, 0.15) is 12.4 Å². The van der Waals surface area contributed by atoms with E-state index in [4.69, 9.17) is 27.9 Å². The lowest BCUT2D eigenvalue weighted by Gasteiger charge is -2.21. The highest BCUT2D eigenvalue weighted by molar-refractivity contribution is 6.35. The summed E-state index contributed by atoms with van der Waals surface area (Å²) in [5, 5.41) is 4.80. The molecule has 0 fully saturated rings. The van der Waals surface area contributed by atoms with E-state index in [1.807, 2.05) is 12.1 Å². The van der Waals surface area contributed by atoms with Crippen molar-refractivity contribution < 1.29 is 4.74 Å². The molecular weight excluding hydrogens is 401 g/mol. The third-order valence-corrected chi connectivity index (χ3v) is 5.41. The monoisotopic (exact) mass is 427 g/mol. The van der Waals surface area contributed by atoms with Crippen LogP contribution in [0.2, 0.25) is 10.0 Å². The molecule has 29 heavy (non-hydrogen) atoms. The Morgan fingerprint density at radius 1 is 0.966 bits per heavy atom. The van der Waals surface area contributed by atoms with Gasteiger partial charge in [0.25, 0.3) is 0 Å². The molecule has 3 aromatic rings. The fourth-order valence-corrected chi connectivity index (χ4v) is 3.93. The Hall–Kier alpha value is -2.00. The van der Waals surface area contributed by atoms with E-state index < -0.39 is 0 Å². The molecule has 0 amide bonds. The number of rotatable bonds is 9. The first kappa shape index (κ1) is 21.7. The minimum atomic E-state index is 0.268. The summed E-state index contributed by atoms with van der Waals surface area (Å²) in [6, 6.07) is 22.8. The Morgan fingerprint density at radius 3 is 2.38 bits per heavy atom. The van der Waals surface area contributed by atoms with Crippen LogP contribution in [0.1, 0.15) is 48.1 Å². The number of ether oxygens (including phenoxy) is 1. The number of hydrogen-bond donors (Lipinski definition) is 1. The number of hydrogen-bond acceptors (Lipinski definition) is 2. The Balaban J connectivity index is 1.76. The van der Waals surface area contributed by atoms with Gasteiger partial charge in [-0.05, 0) is 36.6 Å². The van der Waals surface area contributed by atoms with E-state index in [2.05, 4.69) is 67.7 Å². The van der Waals surface area contributed by atoms with Crippen LogP contribution in [0.4, 0.5) is 0 Å². The maximum absolute atomic E-state index is 6.48. The normalized spacial score (nSPS) is 12.0. The van der Waals surface area contributed by atoms with Gasteiger partial charge < -0.3 is 10.1 Å². The molecule has 1 N–H and O–H groups in total. The molecule has 0 aliphatic rings. The van der Waals surface area contributed by atoms with Crippen LogP contribution in [0.5, 0.6) is 5.75 Å². The van der Waals surface area contributed by atoms with Crippen LogP contribution in [-0.2, 0) is 13.2 Å². The summed E-state index contributed by atoms with van der Waals surface area (Å²) in [5.74, 6) is 0.687. The van der Waals surface area contributed by atoms with E-state index in [-0.39, 0.29) is 6.04 Å². The lowest BCUT2D eigenvalue weighted by molar-refractivity contribution is 0.301. The van der Waals surface area contributed by atoms with Crippen molar-refractivity contribution in [1.82, 2.24) is 5.32 Å². The Morgan fingerprint density at radius 2 is 1.69 bits per heavy atom. The van der Waals surface area contributed by atoms with Crippen LogP contribution >= 0.6 is 23.2 Å². The van der Waals surface area contributed by atoms with Gasteiger partial charge in [0, 0.05) is 23.2 Å². The van der Waals surface area contributed by atoms with Crippen LogP contribution in [0, 0.1) is 6.92 Å². The van der Waals surface area contributed by atoms with Gasteiger partial charge in [-0.3, -0.25) is 0 Å². The number of nitrogens with one attached hydrogen (secondary N) is 1. The van der Waals surface area contributed by atoms with Gasteiger partial charge in [-0.2, -0.15) is 0 Å². The fourth-order valence-electron chi connectivity index (χ4n) is 3.34. The Kier molecular flexibility index (Phi) is 8.00. The van der Waals surface area contributed by atoms with Crippen molar-refractivity contribution in [1.29, 1.82) is 0 Å². The molecule has 0 saturated heterocycles. The molecule has 152 valence electrons. The summed E-state index contributed by atoms with van der Waals surface area (Å²) in [7, 11) is 0. The first-order valence-corrected chi connectivity index (χ1v) is 10.8. The number of benzene rings is 3. The smallest absolute Gasteiger partial charge is 0.142 e. The van der Waals surface area contributed by atoms with Crippen LogP contribution in [0.25, 0.3) is 0 Å². The molecule has 0 bridgehead atoms. The van der Waals surface area contributed by atoms with E-state index in [9.17, 15) is 0 Å². The predicted octanol–water partition coefficient (Wildman–Crippen LogP) is 7.51. The second-order valence-electron chi connectivity index (χ2n) is 7.28. The van der Waals surface area contributed by atoms with Crippen molar-refractivity contribution in [2.24, 2.45) is 0 Å². The Labute approximate surface area is 183 Å². The van der Waals surface area contributed by atoms with Crippen LogP contribution in [-0.4, -0.2) is 0 Å². The molecule has 0 aliphatic carbocycles. The standard InChI is InChI=1S/C25H27Cl2NO/c1-3-7-24(20-8-5-4-6-9-20)28-16-21-14-22(26)15-23(27)25(21)29-17-19-12-10-18(2)11-13-19/h4-6,8-15,24,28H,3,7,16-17H2,1-2H3/t24-/m0/s1. The summed E-state index contributed by atoms with van der Waals surface area (Å²) in [6.07, 6.45) is 2.15. The highest BCUT2D eigenvalue weighted by Gasteiger charge is 2.15. The molecule has 3 rings (SSSR count). The summed E-state index contributed by atoms with van der Waals surface area (Å²) in [4.78, 5) is 0. The van der Waals surface area contributed by atoms with Crippen molar-refractivity contribution in [3.05, 3.63) is 99.0 Å². The molecule has 0 aliphatic heterocycles. The summed E-state index contributed by atoms with van der Waals surface area (Å²) < 4.78 is 6.12. The summed E-state index contributed by atoms with van der Waals surface area (Å²) in [6.45, 7) is 5.36. The third-order valence-electron chi connectivity index (χ3n) is 4.91. The average Bonchev–Trinajstić information content (AvgIpc) is 2.72.